The van der Waals surface area contributed by atoms with Gasteiger partial charge in [0.15, 0.2) is 17.7 Å². The molecule has 112 valence electrons. The molecule has 2 aliphatic heterocycles. The van der Waals surface area contributed by atoms with E-state index in [1.165, 1.54) is 18.1 Å². The molecule has 0 aliphatic carbocycles. The molecule has 0 N–H and O–H groups in total. The third-order valence-corrected chi connectivity index (χ3v) is 3.54. The first kappa shape index (κ1) is 15.2. The summed E-state index contributed by atoms with van der Waals surface area (Å²) >= 11 is 0. The standard InChI is InChI=1S/C14H21NO5/c1-5-6-9(16)7-15-11(12(18-4)13(15)17)10-8-19-14(2,3)20-10/h5-6,10-12H,7-8H2,1-4H3/b6-5+/t10-,11+,12-/m1/s1. The highest BCUT2D eigenvalue weighted by molar-refractivity contribution is 5.97. The fourth-order valence-corrected chi connectivity index (χ4v) is 2.65. The number of carbonyl (C=O) groups excluding carboxylic acids is 2. The van der Waals surface area contributed by atoms with E-state index in [2.05, 4.69) is 0 Å². The van der Waals surface area contributed by atoms with Crippen LogP contribution in [-0.2, 0) is 23.8 Å². The topological polar surface area (TPSA) is 65.1 Å². The molecule has 6 heteroatoms. The number of amides is 1. The summed E-state index contributed by atoms with van der Waals surface area (Å²) in [5.41, 5.74) is 0. The van der Waals surface area contributed by atoms with E-state index >= 15 is 0 Å². The fraction of sp³-hybridized carbons (Fsp3) is 0.714. The van der Waals surface area contributed by atoms with E-state index in [0.717, 1.165) is 0 Å². The van der Waals surface area contributed by atoms with Gasteiger partial charge in [-0.15, -0.1) is 0 Å². The Bertz CT molecular complexity index is 431. The zero-order valence-corrected chi connectivity index (χ0v) is 12.3. The molecule has 0 unspecified atom stereocenters. The van der Waals surface area contributed by atoms with Crippen LogP contribution < -0.4 is 0 Å². The van der Waals surface area contributed by atoms with Crippen LogP contribution >= 0.6 is 0 Å². The van der Waals surface area contributed by atoms with E-state index in [4.69, 9.17) is 14.2 Å². The highest BCUT2D eigenvalue weighted by Gasteiger charge is 2.55. The van der Waals surface area contributed by atoms with Gasteiger partial charge in [-0.2, -0.15) is 0 Å². The summed E-state index contributed by atoms with van der Waals surface area (Å²) in [4.78, 5) is 25.2. The van der Waals surface area contributed by atoms with Crippen LogP contribution in [0.15, 0.2) is 12.2 Å². The van der Waals surface area contributed by atoms with Crippen molar-refractivity contribution in [2.24, 2.45) is 0 Å². The van der Waals surface area contributed by atoms with Crippen LogP contribution in [0.25, 0.3) is 0 Å². The van der Waals surface area contributed by atoms with E-state index in [-0.39, 0.29) is 30.4 Å². The molecule has 0 aromatic carbocycles. The number of methoxy groups -OCH3 is 1. The molecule has 0 aromatic rings. The molecular weight excluding hydrogens is 262 g/mol. The van der Waals surface area contributed by atoms with Gasteiger partial charge in [0.25, 0.3) is 5.91 Å². The van der Waals surface area contributed by atoms with Crippen LogP contribution in [0, 0.1) is 0 Å². The Kier molecular flexibility index (Phi) is 4.27. The molecule has 3 atom stereocenters. The van der Waals surface area contributed by atoms with Gasteiger partial charge in [0.2, 0.25) is 0 Å². The predicted octanol–water partition coefficient (Wildman–Crippen LogP) is 0.509. The van der Waals surface area contributed by atoms with Crippen molar-refractivity contribution < 1.29 is 23.8 Å². The molecule has 6 nitrogen and oxygen atoms in total. The number of likely N-dealkylation sites (tertiary alicyclic amines) is 1. The number of ketones is 1. The van der Waals surface area contributed by atoms with Crippen molar-refractivity contribution >= 4 is 11.7 Å². The third-order valence-electron chi connectivity index (χ3n) is 3.54. The molecule has 2 rings (SSSR count). The van der Waals surface area contributed by atoms with Crippen LogP contribution in [0.2, 0.25) is 0 Å². The van der Waals surface area contributed by atoms with Crippen LogP contribution in [0.1, 0.15) is 20.8 Å². The smallest absolute Gasteiger partial charge is 0.254 e. The molecule has 0 bridgehead atoms. The number of allylic oxidation sites excluding steroid dienone is 1. The first-order chi connectivity index (χ1) is 9.39. The first-order valence-electron chi connectivity index (χ1n) is 6.70. The molecule has 20 heavy (non-hydrogen) atoms. The van der Waals surface area contributed by atoms with Gasteiger partial charge >= 0.3 is 0 Å². The molecule has 2 fully saturated rings. The Morgan fingerprint density at radius 2 is 2.25 bits per heavy atom. The Morgan fingerprint density at radius 3 is 2.75 bits per heavy atom. The lowest BCUT2D eigenvalue weighted by atomic mass is 9.92. The number of hydrogen-bond acceptors (Lipinski definition) is 5. The van der Waals surface area contributed by atoms with Gasteiger partial charge in [-0.1, -0.05) is 6.08 Å². The van der Waals surface area contributed by atoms with Crippen molar-refractivity contribution in [1.29, 1.82) is 0 Å². The van der Waals surface area contributed by atoms with Gasteiger partial charge in [-0.25, -0.2) is 0 Å². The van der Waals surface area contributed by atoms with Crippen molar-refractivity contribution in [3.63, 3.8) is 0 Å². The normalized spacial score (nSPS) is 32.7. The van der Waals surface area contributed by atoms with Crippen molar-refractivity contribution in [2.75, 3.05) is 20.3 Å². The van der Waals surface area contributed by atoms with E-state index < -0.39 is 11.9 Å². The minimum atomic E-state index is -0.666. The van der Waals surface area contributed by atoms with Crippen molar-refractivity contribution in [1.82, 2.24) is 4.90 Å². The van der Waals surface area contributed by atoms with Crippen molar-refractivity contribution in [3.05, 3.63) is 12.2 Å². The molecule has 0 saturated carbocycles. The zero-order valence-electron chi connectivity index (χ0n) is 12.3. The minimum absolute atomic E-state index is 0.0496. The predicted molar refractivity (Wildman–Crippen MR) is 71.0 cm³/mol. The van der Waals surface area contributed by atoms with Crippen molar-refractivity contribution in [3.8, 4) is 0 Å². The van der Waals surface area contributed by atoms with Crippen LogP contribution in [0.4, 0.5) is 0 Å². The Morgan fingerprint density at radius 1 is 1.55 bits per heavy atom. The summed E-state index contributed by atoms with van der Waals surface area (Å²) in [5.74, 6) is -0.956. The minimum Gasteiger partial charge on any atom is -0.369 e. The summed E-state index contributed by atoms with van der Waals surface area (Å²) in [6, 6.07) is -0.275. The van der Waals surface area contributed by atoms with Gasteiger partial charge in [-0.05, 0) is 26.8 Å². The summed E-state index contributed by atoms with van der Waals surface area (Å²) in [7, 11) is 1.49. The van der Waals surface area contributed by atoms with Crippen LogP contribution in [0.3, 0.4) is 0 Å². The van der Waals surface area contributed by atoms with E-state index in [9.17, 15) is 9.59 Å². The SMILES string of the molecule is C/C=C/C(=O)CN1C(=O)[C@H](OC)[C@@H]1[C@H]1COC(C)(C)O1. The number of rotatable bonds is 5. The largest absolute Gasteiger partial charge is 0.369 e. The molecule has 0 radical (unpaired) electrons. The van der Waals surface area contributed by atoms with Crippen molar-refractivity contribution in [2.45, 2.75) is 44.8 Å². The number of β-lactam (4-membered cyclic amide) rings is 1. The maximum atomic E-state index is 12.0. The Labute approximate surface area is 118 Å². The number of ether oxygens (including phenoxy) is 3. The van der Waals surface area contributed by atoms with E-state index in [1.54, 1.807) is 13.0 Å². The second kappa shape index (κ2) is 5.63. The molecule has 0 spiro atoms. The monoisotopic (exact) mass is 283 g/mol. The maximum absolute atomic E-state index is 12.0. The average molecular weight is 283 g/mol. The van der Waals surface area contributed by atoms with Gasteiger partial charge < -0.3 is 19.1 Å². The first-order valence-corrected chi connectivity index (χ1v) is 6.70. The number of hydrogen-bond donors (Lipinski definition) is 0. The molecule has 2 saturated heterocycles. The van der Waals surface area contributed by atoms with Gasteiger partial charge in [0.05, 0.1) is 19.2 Å². The lowest BCUT2D eigenvalue weighted by molar-refractivity contribution is -0.193. The number of carbonyl (C=O) groups is 2. The maximum Gasteiger partial charge on any atom is 0.254 e. The fourth-order valence-electron chi connectivity index (χ4n) is 2.65. The second-order valence-electron chi connectivity index (χ2n) is 5.45. The number of nitrogens with zero attached hydrogens (tertiary/aromatic N) is 1. The van der Waals surface area contributed by atoms with Crippen LogP contribution in [0.5, 0.6) is 0 Å². The van der Waals surface area contributed by atoms with Gasteiger partial charge in [0.1, 0.15) is 6.10 Å². The summed E-state index contributed by atoms with van der Waals surface area (Å²) in [6.07, 6.45) is 2.29. The molecule has 1 amide bonds. The lowest BCUT2D eigenvalue weighted by Crippen LogP contribution is -2.70. The Hall–Kier alpha value is -1.24. The lowest BCUT2D eigenvalue weighted by Gasteiger charge is -2.47. The molecule has 0 aromatic heterocycles. The highest BCUT2D eigenvalue weighted by Crippen LogP contribution is 2.33. The molecular formula is C14H21NO5. The second-order valence-corrected chi connectivity index (χ2v) is 5.45. The average Bonchev–Trinajstić information content (AvgIpc) is 2.72. The summed E-state index contributed by atoms with van der Waals surface area (Å²) in [5, 5.41) is 0. The van der Waals surface area contributed by atoms with Gasteiger partial charge in [0, 0.05) is 7.11 Å². The molecule has 2 heterocycles. The quantitative estimate of drug-likeness (QED) is 0.543. The zero-order chi connectivity index (χ0) is 14.9. The summed E-state index contributed by atoms with van der Waals surface area (Å²) in [6.45, 7) is 5.85. The Balaban J connectivity index is 2.07. The third kappa shape index (κ3) is 2.77. The summed E-state index contributed by atoms with van der Waals surface area (Å²) < 4.78 is 16.5. The molecule has 2 aliphatic rings. The van der Waals surface area contributed by atoms with Gasteiger partial charge in [-0.3, -0.25) is 9.59 Å². The van der Waals surface area contributed by atoms with Crippen LogP contribution in [-0.4, -0.2) is 60.9 Å². The highest BCUT2D eigenvalue weighted by atomic mass is 16.7. The van der Waals surface area contributed by atoms with E-state index in [0.29, 0.717) is 6.61 Å². The van der Waals surface area contributed by atoms with E-state index in [1.807, 2.05) is 13.8 Å².